The van der Waals surface area contributed by atoms with Crippen LogP contribution in [0.25, 0.3) is 0 Å². The molecule has 0 fully saturated rings. The minimum absolute atomic E-state index is 0.102. The van der Waals surface area contributed by atoms with Crippen molar-refractivity contribution in [3.63, 3.8) is 0 Å². The Morgan fingerprint density at radius 3 is 2.43 bits per heavy atom. The number of anilines is 1. The van der Waals surface area contributed by atoms with E-state index >= 15 is 0 Å². The van der Waals surface area contributed by atoms with E-state index in [2.05, 4.69) is 15.9 Å². The Hall–Kier alpha value is -0.830. The number of Topliss-reactive ketones (excluding diaryl/α,β-unsaturated/α-hetero) is 1. The van der Waals surface area contributed by atoms with Crippen LogP contribution in [0.1, 0.15) is 28.4 Å². The van der Waals surface area contributed by atoms with Crippen LogP contribution in [0.2, 0.25) is 0 Å². The number of carbonyl (C=O) groups excluding carboxylic acids is 1. The fourth-order valence-corrected chi connectivity index (χ4v) is 1.57. The first kappa shape index (κ1) is 11.2. The largest absolute Gasteiger partial charge is 0.399 e. The number of alkyl halides is 1. The molecule has 0 spiro atoms. The molecular formula is C11H14BrNO. The van der Waals surface area contributed by atoms with Gasteiger partial charge in [0.25, 0.3) is 0 Å². The van der Waals surface area contributed by atoms with Gasteiger partial charge in [0, 0.05) is 11.3 Å². The van der Waals surface area contributed by atoms with Crippen molar-refractivity contribution < 1.29 is 4.79 Å². The minimum atomic E-state index is -0.149. The van der Waals surface area contributed by atoms with Crippen molar-refractivity contribution in [3.8, 4) is 0 Å². The van der Waals surface area contributed by atoms with Crippen LogP contribution < -0.4 is 5.73 Å². The van der Waals surface area contributed by atoms with Crippen LogP contribution in [0, 0.1) is 13.8 Å². The van der Waals surface area contributed by atoms with E-state index in [9.17, 15) is 4.79 Å². The van der Waals surface area contributed by atoms with E-state index in [1.54, 1.807) is 12.1 Å². The second kappa shape index (κ2) is 4.13. The molecule has 0 aliphatic heterocycles. The molecule has 0 radical (unpaired) electrons. The van der Waals surface area contributed by atoms with E-state index in [1.807, 2.05) is 20.8 Å². The predicted octanol–water partition coefficient (Wildman–Crippen LogP) is 2.85. The topological polar surface area (TPSA) is 43.1 Å². The molecular weight excluding hydrogens is 242 g/mol. The maximum Gasteiger partial charge on any atom is 0.176 e. The lowest BCUT2D eigenvalue weighted by molar-refractivity contribution is 0.0995. The van der Waals surface area contributed by atoms with Gasteiger partial charge in [-0.2, -0.15) is 0 Å². The molecule has 0 aliphatic rings. The molecule has 2 N–H and O–H groups in total. The second-order valence-corrected chi connectivity index (χ2v) is 4.81. The number of rotatable bonds is 2. The van der Waals surface area contributed by atoms with Gasteiger partial charge < -0.3 is 5.73 Å². The molecule has 0 heterocycles. The van der Waals surface area contributed by atoms with E-state index in [1.165, 1.54) is 0 Å². The molecule has 2 nitrogen and oxygen atoms in total. The van der Waals surface area contributed by atoms with Gasteiger partial charge in [-0.15, -0.1) is 0 Å². The van der Waals surface area contributed by atoms with Gasteiger partial charge in [-0.3, -0.25) is 4.79 Å². The van der Waals surface area contributed by atoms with Gasteiger partial charge in [0.2, 0.25) is 0 Å². The second-order valence-electron chi connectivity index (χ2n) is 3.43. The standard InChI is InChI=1S/C11H14BrNO/c1-6-7(2)10(13)5-4-9(6)11(14)8(3)12/h4-5,8H,13H2,1-3H3. The summed E-state index contributed by atoms with van der Waals surface area (Å²) in [5.74, 6) is 0.102. The van der Waals surface area contributed by atoms with Gasteiger partial charge in [0.15, 0.2) is 5.78 Å². The van der Waals surface area contributed by atoms with Gasteiger partial charge in [0.05, 0.1) is 4.83 Å². The highest BCUT2D eigenvalue weighted by atomic mass is 79.9. The van der Waals surface area contributed by atoms with Crippen molar-refractivity contribution in [1.29, 1.82) is 0 Å². The van der Waals surface area contributed by atoms with Gasteiger partial charge in [-0.25, -0.2) is 0 Å². The van der Waals surface area contributed by atoms with Crippen LogP contribution in [0.5, 0.6) is 0 Å². The lowest BCUT2D eigenvalue weighted by Crippen LogP contribution is -2.12. The van der Waals surface area contributed by atoms with E-state index in [4.69, 9.17) is 5.73 Å². The number of nitrogen functional groups attached to an aromatic ring is 1. The van der Waals surface area contributed by atoms with Gasteiger partial charge in [0.1, 0.15) is 0 Å². The zero-order valence-corrected chi connectivity index (χ0v) is 10.2. The molecule has 1 atom stereocenters. The van der Waals surface area contributed by atoms with Crippen LogP contribution in [0.4, 0.5) is 5.69 Å². The third kappa shape index (κ3) is 1.98. The first-order chi connectivity index (χ1) is 6.45. The normalized spacial score (nSPS) is 12.6. The van der Waals surface area contributed by atoms with Crippen molar-refractivity contribution >= 4 is 27.4 Å². The fraction of sp³-hybridized carbons (Fsp3) is 0.364. The molecule has 0 amide bonds. The summed E-state index contributed by atoms with van der Waals surface area (Å²) in [6, 6.07) is 3.57. The molecule has 0 saturated heterocycles. The molecule has 1 aromatic carbocycles. The Morgan fingerprint density at radius 2 is 1.93 bits per heavy atom. The molecule has 76 valence electrons. The molecule has 1 unspecified atom stereocenters. The Kier molecular flexibility index (Phi) is 3.32. The van der Waals surface area contributed by atoms with Crippen molar-refractivity contribution in [2.45, 2.75) is 25.6 Å². The van der Waals surface area contributed by atoms with Gasteiger partial charge in [-0.05, 0) is 44.0 Å². The lowest BCUT2D eigenvalue weighted by atomic mass is 9.98. The summed E-state index contributed by atoms with van der Waals surface area (Å²) in [4.78, 5) is 11.6. The van der Waals surface area contributed by atoms with Crippen molar-refractivity contribution in [2.24, 2.45) is 0 Å². The average Bonchev–Trinajstić information content (AvgIpc) is 2.13. The third-order valence-corrected chi connectivity index (χ3v) is 2.87. The maximum atomic E-state index is 11.7. The average molecular weight is 256 g/mol. The number of hydrogen-bond acceptors (Lipinski definition) is 2. The summed E-state index contributed by atoms with van der Waals surface area (Å²) < 4.78 is 0. The third-order valence-electron chi connectivity index (χ3n) is 2.46. The molecule has 1 aromatic rings. The summed E-state index contributed by atoms with van der Waals surface area (Å²) in [5, 5.41) is 0. The molecule has 0 bridgehead atoms. The highest BCUT2D eigenvalue weighted by Crippen LogP contribution is 2.21. The molecule has 14 heavy (non-hydrogen) atoms. The van der Waals surface area contributed by atoms with Crippen LogP contribution in [-0.4, -0.2) is 10.6 Å². The smallest absolute Gasteiger partial charge is 0.176 e. The maximum absolute atomic E-state index is 11.7. The van der Waals surface area contributed by atoms with Gasteiger partial charge >= 0.3 is 0 Å². The Balaban J connectivity index is 3.24. The number of carbonyl (C=O) groups is 1. The van der Waals surface area contributed by atoms with E-state index in [0.29, 0.717) is 0 Å². The lowest BCUT2D eigenvalue weighted by Gasteiger charge is -2.10. The Bertz CT molecular complexity index is 372. The summed E-state index contributed by atoms with van der Waals surface area (Å²) in [6.45, 7) is 5.68. The highest BCUT2D eigenvalue weighted by molar-refractivity contribution is 9.10. The molecule has 0 aliphatic carbocycles. The monoisotopic (exact) mass is 255 g/mol. The van der Waals surface area contributed by atoms with E-state index in [-0.39, 0.29) is 10.6 Å². The summed E-state index contributed by atoms with van der Waals surface area (Å²) in [6.07, 6.45) is 0. The van der Waals surface area contributed by atoms with Crippen LogP contribution in [-0.2, 0) is 0 Å². The van der Waals surface area contributed by atoms with Crippen molar-refractivity contribution in [3.05, 3.63) is 28.8 Å². The summed E-state index contributed by atoms with van der Waals surface area (Å²) in [5.41, 5.74) is 9.19. The zero-order valence-electron chi connectivity index (χ0n) is 8.60. The first-order valence-corrected chi connectivity index (χ1v) is 5.40. The first-order valence-electron chi connectivity index (χ1n) is 4.49. The van der Waals surface area contributed by atoms with Crippen molar-refractivity contribution in [1.82, 2.24) is 0 Å². The SMILES string of the molecule is Cc1c(N)ccc(C(=O)C(C)Br)c1C. The quantitative estimate of drug-likeness (QED) is 0.502. The number of nitrogens with two attached hydrogens (primary N) is 1. The molecule has 3 heteroatoms. The summed E-state index contributed by atoms with van der Waals surface area (Å²) in [7, 11) is 0. The predicted molar refractivity (Wildman–Crippen MR) is 63.0 cm³/mol. The molecule has 0 aromatic heterocycles. The summed E-state index contributed by atoms with van der Waals surface area (Å²) >= 11 is 3.27. The zero-order chi connectivity index (χ0) is 10.9. The van der Waals surface area contributed by atoms with Crippen LogP contribution in [0.3, 0.4) is 0 Å². The fourth-order valence-electron chi connectivity index (χ4n) is 1.32. The highest BCUT2D eigenvalue weighted by Gasteiger charge is 2.15. The van der Waals surface area contributed by atoms with Gasteiger partial charge in [-0.1, -0.05) is 15.9 Å². The molecule has 0 saturated carbocycles. The van der Waals surface area contributed by atoms with Crippen LogP contribution >= 0.6 is 15.9 Å². The van der Waals surface area contributed by atoms with E-state index < -0.39 is 0 Å². The number of benzene rings is 1. The minimum Gasteiger partial charge on any atom is -0.399 e. The van der Waals surface area contributed by atoms with Crippen LogP contribution in [0.15, 0.2) is 12.1 Å². The Labute approximate surface area is 92.6 Å². The van der Waals surface area contributed by atoms with Crippen molar-refractivity contribution in [2.75, 3.05) is 5.73 Å². The molecule has 1 rings (SSSR count). The van der Waals surface area contributed by atoms with E-state index in [0.717, 1.165) is 22.4 Å². The number of halogens is 1. The number of ketones is 1. The Morgan fingerprint density at radius 1 is 1.36 bits per heavy atom. The number of hydrogen-bond donors (Lipinski definition) is 1.